The smallest absolute Gasteiger partial charge is 0.323 e. The minimum atomic E-state index is -0.354. The number of aryl methyl sites for hydroxylation is 3. The fraction of sp³-hybridized carbons (Fsp3) is 0.235. The predicted molar refractivity (Wildman–Crippen MR) is 91.6 cm³/mol. The van der Waals surface area contributed by atoms with E-state index >= 15 is 0 Å². The summed E-state index contributed by atoms with van der Waals surface area (Å²) in [6, 6.07) is 9.03. The molecule has 124 valence electrons. The van der Waals surface area contributed by atoms with Crippen molar-refractivity contribution >= 4 is 17.4 Å². The molecular formula is C17H19N5O2. The SMILES string of the molecule is CCc1noc(C)c1NC(=O)Nc1ccccc1-n1ccc(C)n1. The monoisotopic (exact) mass is 325 g/mol. The van der Waals surface area contributed by atoms with E-state index in [1.54, 1.807) is 11.6 Å². The standard InChI is InChI=1S/C17H19N5O2/c1-4-13-16(12(3)24-21-13)19-17(23)18-14-7-5-6-8-15(14)22-10-9-11(2)20-22/h5-10H,4H2,1-3H3,(H2,18,19,23). The maximum Gasteiger partial charge on any atom is 0.323 e. The first-order chi connectivity index (χ1) is 11.6. The lowest BCUT2D eigenvalue weighted by Gasteiger charge is -2.12. The minimum absolute atomic E-state index is 0.354. The molecule has 1 aromatic carbocycles. The molecule has 2 aromatic heterocycles. The second-order valence-corrected chi connectivity index (χ2v) is 5.41. The van der Waals surface area contributed by atoms with Crippen molar-refractivity contribution in [2.45, 2.75) is 27.2 Å². The Kier molecular flexibility index (Phi) is 4.33. The Labute approximate surface area is 139 Å². The zero-order chi connectivity index (χ0) is 17.1. The molecule has 3 rings (SSSR count). The van der Waals surface area contributed by atoms with E-state index in [1.165, 1.54) is 0 Å². The Morgan fingerprint density at radius 2 is 2.00 bits per heavy atom. The lowest BCUT2D eigenvalue weighted by Crippen LogP contribution is -2.21. The lowest BCUT2D eigenvalue weighted by atomic mass is 10.2. The second kappa shape index (κ2) is 6.57. The maximum atomic E-state index is 12.4. The number of carbonyl (C=O) groups excluding carboxylic acids is 1. The van der Waals surface area contributed by atoms with Gasteiger partial charge < -0.3 is 15.2 Å². The number of amides is 2. The molecule has 0 saturated carbocycles. The third kappa shape index (κ3) is 3.15. The molecule has 7 nitrogen and oxygen atoms in total. The molecule has 0 unspecified atom stereocenters. The van der Waals surface area contributed by atoms with E-state index in [4.69, 9.17) is 4.52 Å². The number of hydrogen-bond donors (Lipinski definition) is 2. The van der Waals surface area contributed by atoms with Crippen molar-refractivity contribution in [2.75, 3.05) is 10.6 Å². The van der Waals surface area contributed by atoms with Gasteiger partial charge in [-0.1, -0.05) is 24.2 Å². The van der Waals surface area contributed by atoms with Crippen LogP contribution in [0.15, 0.2) is 41.1 Å². The fourth-order valence-electron chi connectivity index (χ4n) is 2.41. The lowest BCUT2D eigenvalue weighted by molar-refractivity contribution is 0.262. The molecule has 3 aromatic rings. The Hall–Kier alpha value is -3.09. The summed E-state index contributed by atoms with van der Waals surface area (Å²) in [6.45, 7) is 5.64. The van der Waals surface area contributed by atoms with Crippen LogP contribution >= 0.6 is 0 Å². The molecule has 0 bridgehead atoms. The molecule has 0 aliphatic heterocycles. The van der Waals surface area contributed by atoms with Crippen LogP contribution in [0.4, 0.5) is 16.2 Å². The highest BCUT2D eigenvalue weighted by atomic mass is 16.5. The first-order valence-electron chi connectivity index (χ1n) is 7.73. The normalized spacial score (nSPS) is 10.6. The quantitative estimate of drug-likeness (QED) is 0.766. The maximum absolute atomic E-state index is 12.4. The number of nitrogens with zero attached hydrogens (tertiary/aromatic N) is 3. The van der Waals surface area contributed by atoms with Crippen LogP contribution in [0.2, 0.25) is 0 Å². The van der Waals surface area contributed by atoms with Gasteiger partial charge in [-0.2, -0.15) is 5.10 Å². The Morgan fingerprint density at radius 3 is 2.71 bits per heavy atom. The summed E-state index contributed by atoms with van der Waals surface area (Å²) in [6.07, 6.45) is 2.53. The van der Waals surface area contributed by atoms with Gasteiger partial charge in [0.05, 0.1) is 17.1 Å². The number of carbonyl (C=O) groups is 1. The molecule has 0 aliphatic carbocycles. The average molecular weight is 325 g/mol. The van der Waals surface area contributed by atoms with Gasteiger partial charge in [-0.05, 0) is 38.5 Å². The van der Waals surface area contributed by atoms with Gasteiger partial charge in [-0.15, -0.1) is 0 Å². The van der Waals surface area contributed by atoms with E-state index in [1.807, 2.05) is 50.4 Å². The molecule has 2 amide bonds. The van der Waals surface area contributed by atoms with E-state index in [9.17, 15) is 4.79 Å². The predicted octanol–water partition coefficient (Wildman–Crippen LogP) is 3.68. The van der Waals surface area contributed by atoms with Crippen LogP contribution in [-0.4, -0.2) is 21.0 Å². The first-order valence-corrected chi connectivity index (χ1v) is 7.73. The molecule has 0 spiro atoms. The van der Waals surface area contributed by atoms with Crippen molar-refractivity contribution in [3.05, 3.63) is 53.7 Å². The summed E-state index contributed by atoms with van der Waals surface area (Å²) >= 11 is 0. The summed E-state index contributed by atoms with van der Waals surface area (Å²) < 4.78 is 6.86. The largest absolute Gasteiger partial charge is 0.359 e. The molecule has 7 heteroatoms. The van der Waals surface area contributed by atoms with E-state index in [0.717, 1.165) is 17.1 Å². The van der Waals surface area contributed by atoms with Gasteiger partial charge in [0.25, 0.3) is 0 Å². The highest BCUT2D eigenvalue weighted by Gasteiger charge is 2.15. The van der Waals surface area contributed by atoms with Crippen molar-refractivity contribution in [3.8, 4) is 5.69 Å². The summed E-state index contributed by atoms with van der Waals surface area (Å²) in [5.74, 6) is 0.581. The van der Waals surface area contributed by atoms with Gasteiger partial charge in [0.2, 0.25) is 0 Å². The first kappa shape index (κ1) is 15.8. The van der Waals surface area contributed by atoms with Crippen LogP contribution in [0.25, 0.3) is 5.69 Å². The van der Waals surface area contributed by atoms with Gasteiger partial charge in [0.15, 0.2) is 5.76 Å². The average Bonchev–Trinajstić information content (AvgIpc) is 3.14. The highest BCUT2D eigenvalue weighted by Crippen LogP contribution is 2.22. The zero-order valence-electron chi connectivity index (χ0n) is 13.8. The number of benzene rings is 1. The summed E-state index contributed by atoms with van der Waals surface area (Å²) in [5, 5.41) is 14.0. The molecular weight excluding hydrogens is 306 g/mol. The second-order valence-electron chi connectivity index (χ2n) is 5.41. The van der Waals surface area contributed by atoms with Crippen LogP contribution in [0.5, 0.6) is 0 Å². The van der Waals surface area contributed by atoms with Gasteiger partial charge >= 0.3 is 6.03 Å². The van der Waals surface area contributed by atoms with Gasteiger partial charge in [0, 0.05) is 6.20 Å². The third-order valence-corrected chi connectivity index (χ3v) is 3.63. The number of hydrogen-bond acceptors (Lipinski definition) is 4. The molecule has 0 saturated heterocycles. The van der Waals surface area contributed by atoms with E-state index in [0.29, 0.717) is 23.6 Å². The molecule has 0 aliphatic rings. The van der Waals surface area contributed by atoms with Crippen LogP contribution in [0, 0.1) is 13.8 Å². The Morgan fingerprint density at radius 1 is 1.21 bits per heavy atom. The van der Waals surface area contributed by atoms with Crippen LogP contribution < -0.4 is 10.6 Å². The van der Waals surface area contributed by atoms with Gasteiger partial charge in [-0.3, -0.25) is 0 Å². The zero-order valence-corrected chi connectivity index (χ0v) is 13.8. The van der Waals surface area contributed by atoms with Gasteiger partial charge in [-0.25, -0.2) is 9.48 Å². The summed E-state index contributed by atoms with van der Waals surface area (Å²) in [5.41, 5.74) is 3.69. The van der Waals surface area contributed by atoms with Crippen LogP contribution in [0.3, 0.4) is 0 Å². The van der Waals surface area contributed by atoms with Crippen molar-refractivity contribution < 1.29 is 9.32 Å². The molecule has 0 radical (unpaired) electrons. The number of rotatable bonds is 4. The van der Waals surface area contributed by atoms with E-state index in [2.05, 4.69) is 20.9 Å². The number of anilines is 2. The molecule has 2 heterocycles. The fourth-order valence-corrected chi connectivity index (χ4v) is 2.41. The van der Waals surface area contributed by atoms with Crippen molar-refractivity contribution in [1.82, 2.24) is 14.9 Å². The van der Waals surface area contributed by atoms with Crippen molar-refractivity contribution in [1.29, 1.82) is 0 Å². The van der Waals surface area contributed by atoms with Crippen LogP contribution in [-0.2, 0) is 6.42 Å². The highest BCUT2D eigenvalue weighted by molar-refractivity contribution is 6.01. The molecule has 24 heavy (non-hydrogen) atoms. The van der Waals surface area contributed by atoms with Crippen molar-refractivity contribution in [2.24, 2.45) is 0 Å². The van der Waals surface area contributed by atoms with E-state index < -0.39 is 0 Å². The number of urea groups is 1. The third-order valence-electron chi connectivity index (χ3n) is 3.63. The van der Waals surface area contributed by atoms with Crippen molar-refractivity contribution in [3.63, 3.8) is 0 Å². The minimum Gasteiger partial charge on any atom is -0.359 e. The number of nitrogens with one attached hydrogen (secondary N) is 2. The number of para-hydroxylation sites is 2. The van der Waals surface area contributed by atoms with Gasteiger partial charge in [0.1, 0.15) is 11.4 Å². The molecule has 0 fully saturated rings. The number of aromatic nitrogens is 3. The topological polar surface area (TPSA) is 85.0 Å². The Bertz CT molecular complexity index is 866. The summed E-state index contributed by atoms with van der Waals surface area (Å²) in [4.78, 5) is 12.4. The molecule has 0 atom stereocenters. The van der Waals surface area contributed by atoms with E-state index in [-0.39, 0.29) is 6.03 Å². The molecule has 2 N–H and O–H groups in total. The Balaban J connectivity index is 1.81. The van der Waals surface area contributed by atoms with Crippen LogP contribution in [0.1, 0.15) is 24.1 Å². The summed E-state index contributed by atoms with van der Waals surface area (Å²) in [7, 11) is 0.